The third-order valence-corrected chi connectivity index (χ3v) is 6.45. The molecule has 2 fully saturated rings. The van der Waals surface area contributed by atoms with Gasteiger partial charge in [0.25, 0.3) is 0 Å². The Bertz CT molecular complexity index is 776. The Morgan fingerprint density at radius 2 is 1.57 bits per heavy atom. The van der Waals surface area contributed by atoms with Gasteiger partial charge < -0.3 is 5.11 Å². The summed E-state index contributed by atoms with van der Waals surface area (Å²) in [7, 11) is 0. The molecule has 3 unspecified atom stereocenters. The summed E-state index contributed by atoms with van der Waals surface area (Å²) >= 11 is 0. The van der Waals surface area contributed by atoms with Gasteiger partial charge in [0.15, 0.2) is 0 Å². The van der Waals surface area contributed by atoms with E-state index in [0.717, 1.165) is 49.8 Å². The van der Waals surface area contributed by atoms with E-state index in [1.807, 2.05) is 0 Å². The van der Waals surface area contributed by atoms with Crippen molar-refractivity contribution in [2.45, 2.75) is 50.1 Å². The molecule has 2 bridgehead atoms. The van der Waals surface area contributed by atoms with Crippen LogP contribution in [0.2, 0.25) is 0 Å². The van der Waals surface area contributed by atoms with E-state index in [9.17, 15) is 18.7 Å². The number of carboxylic acids is 1. The second kappa shape index (κ2) is 8.00. The zero-order valence-corrected chi connectivity index (χ0v) is 15.7. The zero-order valence-electron chi connectivity index (χ0n) is 15.7. The summed E-state index contributed by atoms with van der Waals surface area (Å²) in [6.07, 6.45) is 4.60. The number of nitrogens with zero attached hydrogens (tertiary/aromatic N) is 1. The smallest absolute Gasteiger partial charge is 0.308 e. The maximum Gasteiger partial charge on any atom is 0.308 e. The van der Waals surface area contributed by atoms with Crippen LogP contribution in [0.3, 0.4) is 0 Å². The Hall–Kier alpha value is -2.27. The monoisotopic (exact) mass is 385 g/mol. The van der Waals surface area contributed by atoms with Gasteiger partial charge in [-0.3, -0.25) is 9.69 Å². The molecule has 0 saturated carbocycles. The molecule has 0 aromatic heterocycles. The molecular weight excluding hydrogens is 360 g/mol. The molecule has 2 aliphatic rings. The van der Waals surface area contributed by atoms with Crippen LogP contribution < -0.4 is 0 Å². The maximum atomic E-state index is 13.4. The second-order valence-corrected chi connectivity index (χ2v) is 8.01. The molecule has 28 heavy (non-hydrogen) atoms. The predicted octanol–water partition coefficient (Wildman–Crippen LogP) is 4.81. The van der Waals surface area contributed by atoms with Gasteiger partial charge in [-0.25, -0.2) is 8.78 Å². The van der Waals surface area contributed by atoms with Gasteiger partial charge in [-0.2, -0.15) is 0 Å². The molecule has 5 heteroatoms. The topological polar surface area (TPSA) is 40.5 Å². The van der Waals surface area contributed by atoms with Crippen molar-refractivity contribution in [2.75, 3.05) is 6.54 Å². The van der Waals surface area contributed by atoms with E-state index < -0.39 is 5.97 Å². The van der Waals surface area contributed by atoms with Crippen LogP contribution in [0.25, 0.3) is 0 Å². The molecule has 2 saturated heterocycles. The molecule has 0 spiro atoms. The van der Waals surface area contributed by atoms with Crippen molar-refractivity contribution in [3.63, 3.8) is 0 Å². The van der Waals surface area contributed by atoms with Gasteiger partial charge in [-0.1, -0.05) is 24.3 Å². The van der Waals surface area contributed by atoms with E-state index in [0.29, 0.717) is 6.04 Å². The largest absolute Gasteiger partial charge is 0.481 e. The summed E-state index contributed by atoms with van der Waals surface area (Å²) in [5.74, 6) is -1.38. The Balaban J connectivity index is 1.45. The van der Waals surface area contributed by atoms with Gasteiger partial charge in [0, 0.05) is 18.0 Å². The number of carboxylic acid groups (broad SMARTS) is 1. The van der Waals surface area contributed by atoms with Crippen LogP contribution in [0, 0.1) is 17.6 Å². The van der Waals surface area contributed by atoms with E-state index >= 15 is 0 Å². The summed E-state index contributed by atoms with van der Waals surface area (Å²) < 4.78 is 26.7. The minimum absolute atomic E-state index is 0.0664. The number of benzene rings is 2. The summed E-state index contributed by atoms with van der Waals surface area (Å²) in [5, 5.41) is 9.42. The Kier molecular flexibility index (Phi) is 5.44. The maximum absolute atomic E-state index is 13.4. The SMILES string of the molecule is O=C(O)C1CC2CCC1N2CCCC(c1ccc(F)cc1)c1ccc(F)cc1. The van der Waals surface area contributed by atoms with Crippen LogP contribution >= 0.6 is 0 Å². The number of hydrogen-bond acceptors (Lipinski definition) is 2. The van der Waals surface area contributed by atoms with Crippen molar-refractivity contribution in [3.05, 3.63) is 71.3 Å². The lowest BCUT2D eigenvalue weighted by molar-refractivity contribution is -0.142. The molecule has 2 aromatic carbocycles. The van der Waals surface area contributed by atoms with Gasteiger partial charge >= 0.3 is 5.97 Å². The molecular formula is C23H25F2NO2. The Labute approximate surface area is 164 Å². The molecule has 4 rings (SSSR count). The summed E-state index contributed by atoms with van der Waals surface area (Å²) in [5.41, 5.74) is 2.03. The summed E-state index contributed by atoms with van der Waals surface area (Å²) in [6, 6.07) is 13.6. The molecule has 0 aliphatic carbocycles. The number of rotatable bonds is 7. The first-order valence-electron chi connectivity index (χ1n) is 10.0. The highest BCUT2D eigenvalue weighted by Crippen LogP contribution is 2.42. The number of aliphatic carboxylic acids is 1. The number of halogens is 2. The lowest BCUT2D eigenvalue weighted by Gasteiger charge is -2.24. The minimum Gasteiger partial charge on any atom is -0.481 e. The fourth-order valence-corrected chi connectivity index (χ4v) is 5.11. The molecule has 2 heterocycles. The zero-order chi connectivity index (χ0) is 19.7. The summed E-state index contributed by atoms with van der Waals surface area (Å²) in [6.45, 7) is 0.873. The van der Waals surface area contributed by atoms with Crippen LogP contribution in [-0.2, 0) is 4.79 Å². The van der Waals surface area contributed by atoms with E-state index in [4.69, 9.17) is 0 Å². The van der Waals surface area contributed by atoms with Gasteiger partial charge in [0.05, 0.1) is 5.92 Å². The van der Waals surface area contributed by atoms with Crippen molar-refractivity contribution in [3.8, 4) is 0 Å². The van der Waals surface area contributed by atoms with Crippen LogP contribution in [0.4, 0.5) is 8.78 Å². The molecule has 1 N–H and O–H groups in total. The first-order chi connectivity index (χ1) is 13.5. The van der Waals surface area contributed by atoms with Crippen LogP contribution in [0.1, 0.15) is 49.1 Å². The van der Waals surface area contributed by atoms with E-state index in [1.54, 1.807) is 24.3 Å². The third kappa shape index (κ3) is 3.81. The fraction of sp³-hybridized carbons (Fsp3) is 0.435. The minimum atomic E-state index is -0.673. The lowest BCUT2D eigenvalue weighted by atomic mass is 9.87. The van der Waals surface area contributed by atoms with E-state index in [-0.39, 0.29) is 29.5 Å². The fourth-order valence-electron chi connectivity index (χ4n) is 5.11. The number of hydrogen-bond donors (Lipinski definition) is 1. The molecule has 0 radical (unpaired) electrons. The first-order valence-corrected chi connectivity index (χ1v) is 10.0. The molecule has 148 valence electrons. The molecule has 2 aliphatic heterocycles. The van der Waals surface area contributed by atoms with Gasteiger partial charge in [0.1, 0.15) is 11.6 Å². The second-order valence-electron chi connectivity index (χ2n) is 8.01. The van der Waals surface area contributed by atoms with Crippen LogP contribution in [0.15, 0.2) is 48.5 Å². The third-order valence-electron chi connectivity index (χ3n) is 6.45. The normalized spacial score (nSPS) is 24.2. The molecule has 3 atom stereocenters. The highest BCUT2D eigenvalue weighted by molar-refractivity contribution is 5.71. The predicted molar refractivity (Wildman–Crippen MR) is 103 cm³/mol. The Morgan fingerprint density at radius 1 is 1.00 bits per heavy atom. The van der Waals surface area contributed by atoms with Crippen molar-refractivity contribution in [2.24, 2.45) is 5.92 Å². The van der Waals surface area contributed by atoms with Crippen molar-refractivity contribution >= 4 is 5.97 Å². The first kappa shape index (κ1) is 19.1. The number of fused-ring (bicyclic) bond motifs is 2. The van der Waals surface area contributed by atoms with Gasteiger partial charge in [-0.05, 0) is 74.0 Å². The van der Waals surface area contributed by atoms with Crippen molar-refractivity contribution in [1.82, 2.24) is 4.90 Å². The standard InChI is InChI=1S/C23H25F2NO2/c24-17-7-3-15(4-8-17)20(16-5-9-18(25)10-6-16)2-1-13-26-19-11-12-22(26)21(14-19)23(27)28/h3-10,19-22H,1-2,11-14H2,(H,27,28). The highest BCUT2D eigenvalue weighted by atomic mass is 19.1. The van der Waals surface area contributed by atoms with Crippen LogP contribution in [-0.4, -0.2) is 34.6 Å². The average molecular weight is 385 g/mol. The van der Waals surface area contributed by atoms with Crippen molar-refractivity contribution in [1.29, 1.82) is 0 Å². The van der Waals surface area contributed by atoms with Gasteiger partial charge in [0.2, 0.25) is 0 Å². The molecule has 0 amide bonds. The van der Waals surface area contributed by atoms with Crippen molar-refractivity contribution < 1.29 is 18.7 Å². The summed E-state index contributed by atoms with van der Waals surface area (Å²) in [4.78, 5) is 13.8. The molecule has 2 aromatic rings. The van der Waals surface area contributed by atoms with Crippen LogP contribution in [0.5, 0.6) is 0 Å². The lowest BCUT2D eigenvalue weighted by Crippen LogP contribution is -2.33. The Morgan fingerprint density at radius 3 is 2.07 bits per heavy atom. The van der Waals surface area contributed by atoms with Gasteiger partial charge in [-0.15, -0.1) is 0 Å². The van der Waals surface area contributed by atoms with E-state index in [2.05, 4.69) is 4.90 Å². The quantitative estimate of drug-likeness (QED) is 0.743. The average Bonchev–Trinajstić information content (AvgIpc) is 3.24. The highest BCUT2D eigenvalue weighted by Gasteiger charge is 2.48. The molecule has 3 nitrogen and oxygen atoms in total. The van der Waals surface area contributed by atoms with E-state index in [1.165, 1.54) is 24.3 Å². The number of carbonyl (C=O) groups is 1.